The lowest BCUT2D eigenvalue weighted by atomic mass is 10.2. The van der Waals surface area contributed by atoms with Crippen LogP contribution in [0.25, 0.3) is 0 Å². The first-order valence-corrected chi connectivity index (χ1v) is 8.06. The second-order valence-corrected chi connectivity index (χ2v) is 6.02. The zero-order valence-electron chi connectivity index (χ0n) is 13.8. The molecule has 2 aromatic heterocycles. The van der Waals surface area contributed by atoms with Gasteiger partial charge in [0.1, 0.15) is 0 Å². The highest BCUT2D eigenvalue weighted by Crippen LogP contribution is 2.09. The number of carbonyl (C=O) groups is 1. The Balaban J connectivity index is 1.49. The molecule has 3 heterocycles. The molecular formula is C17H23N5O. The number of rotatable bonds is 4. The van der Waals surface area contributed by atoms with Crippen molar-refractivity contribution in [2.45, 2.75) is 20.4 Å². The third kappa shape index (κ3) is 3.76. The molecule has 0 spiro atoms. The van der Waals surface area contributed by atoms with E-state index in [1.807, 2.05) is 11.8 Å². The van der Waals surface area contributed by atoms with Crippen LogP contribution in [-0.4, -0.2) is 63.2 Å². The average molecular weight is 313 g/mol. The molecular weight excluding hydrogens is 290 g/mol. The van der Waals surface area contributed by atoms with Crippen molar-refractivity contribution in [3.05, 3.63) is 47.5 Å². The molecule has 1 aliphatic heterocycles. The first-order valence-electron chi connectivity index (χ1n) is 8.06. The quantitative estimate of drug-likeness (QED) is 0.855. The molecule has 1 saturated heterocycles. The summed E-state index contributed by atoms with van der Waals surface area (Å²) in [5, 5.41) is 4.50. The zero-order valence-corrected chi connectivity index (χ0v) is 13.8. The Labute approximate surface area is 136 Å². The smallest absolute Gasteiger partial charge is 0.254 e. The maximum atomic E-state index is 12.4. The van der Waals surface area contributed by atoms with Crippen LogP contribution in [-0.2, 0) is 6.54 Å². The second-order valence-electron chi connectivity index (χ2n) is 6.02. The van der Waals surface area contributed by atoms with Crippen molar-refractivity contribution >= 4 is 5.91 Å². The second kappa shape index (κ2) is 6.91. The summed E-state index contributed by atoms with van der Waals surface area (Å²) in [6.07, 6.45) is 3.33. The predicted octanol–water partition coefficient (Wildman–Crippen LogP) is 1.35. The lowest BCUT2D eigenvalue weighted by molar-refractivity contribution is 0.0631. The maximum absolute atomic E-state index is 12.4. The largest absolute Gasteiger partial charge is 0.336 e. The van der Waals surface area contributed by atoms with E-state index in [1.165, 1.54) is 5.69 Å². The third-order valence-electron chi connectivity index (χ3n) is 4.32. The Kier molecular flexibility index (Phi) is 4.71. The SMILES string of the molecule is Cc1cc(C)n(CCN2CCN(C(=O)c3ccncc3)CC2)n1. The van der Waals surface area contributed by atoms with Crippen LogP contribution in [0.3, 0.4) is 0 Å². The van der Waals surface area contributed by atoms with Crippen LogP contribution in [0.1, 0.15) is 21.7 Å². The molecule has 0 bridgehead atoms. The van der Waals surface area contributed by atoms with Crippen LogP contribution in [0.15, 0.2) is 30.6 Å². The first-order chi connectivity index (χ1) is 11.1. The van der Waals surface area contributed by atoms with Gasteiger partial charge in [0.05, 0.1) is 12.2 Å². The van der Waals surface area contributed by atoms with E-state index in [2.05, 4.69) is 32.7 Å². The molecule has 0 N–H and O–H groups in total. The van der Waals surface area contributed by atoms with Gasteiger partial charge >= 0.3 is 0 Å². The van der Waals surface area contributed by atoms with Crippen LogP contribution in [0.4, 0.5) is 0 Å². The Morgan fingerprint density at radius 2 is 1.78 bits per heavy atom. The Bertz CT molecular complexity index is 659. The summed E-state index contributed by atoms with van der Waals surface area (Å²) in [6, 6.07) is 5.65. The lowest BCUT2D eigenvalue weighted by Gasteiger charge is -2.34. The zero-order chi connectivity index (χ0) is 16.2. The minimum atomic E-state index is 0.102. The number of piperazine rings is 1. The molecule has 3 rings (SSSR count). The summed E-state index contributed by atoms with van der Waals surface area (Å²) in [7, 11) is 0. The van der Waals surface area contributed by atoms with E-state index in [1.54, 1.807) is 24.5 Å². The van der Waals surface area contributed by atoms with E-state index in [-0.39, 0.29) is 5.91 Å². The monoisotopic (exact) mass is 313 g/mol. The molecule has 122 valence electrons. The van der Waals surface area contributed by atoms with Crippen molar-refractivity contribution in [3.63, 3.8) is 0 Å². The van der Waals surface area contributed by atoms with E-state index in [0.717, 1.165) is 50.5 Å². The number of pyridine rings is 1. The minimum Gasteiger partial charge on any atom is -0.336 e. The van der Waals surface area contributed by atoms with E-state index in [0.29, 0.717) is 0 Å². The van der Waals surface area contributed by atoms with E-state index < -0.39 is 0 Å². The normalized spacial score (nSPS) is 15.8. The van der Waals surface area contributed by atoms with Crippen LogP contribution in [0, 0.1) is 13.8 Å². The van der Waals surface area contributed by atoms with Crippen LogP contribution in [0.5, 0.6) is 0 Å². The standard InChI is InChI=1S/C17H23N5O/c1-14-13-15(2)22(19-14)12-9-20-7-10-21(11-8-20)17(23)16-3-5-18-6-4-16/h3-6,13H,7-12H2,1-2H3. The number of carbonyl (C=O) groups excluding carboxylic acids is 1. The topological polar surface area (TPSA) is 54.3 Å². The summed E-state index contributed by atoms with van der Waals surface area (Å²) in [6.45, 7) is 9.36. The van der Waals surface area contributed by atoms with Crippen molar-refractivity contribution in [1.82, 2.24) is 24.6 Å². The average Bonchev–Trinajstić information content (AvgIpc) is 2.91. The van der Waals surface area contributed by atoms with E-state index >= 15 is 0 Å². The molecule has 1 aliphatic rings. The molecule has 0 atom stereocenters. The van der Waals surface area contributed by atoms with Gasteiger partial charge in [-0.3, -0.25) is 19.4 Å². The molecule has 0 aromatic carbocycles. The molecule has 6 nitrogen and oxygen atoms in total. The van der Waals surface area contributed by atoms with E-state index in [9.17, 15) is 4.79 Å². The highest BCUT2D eigenvalue weighted by Gasteiger charge is 2.21. The highest BCUT2D eigenvalue weighted by molar-refractivity contribution is 5.94. The van der Waals surface area contributed by atoms with Crippen LogP contribution < -0.4 is 0 Å². The van der Waals surface area contributed by atoms with Crippen molar-refractivity contribution in [3.8, 4) is 0 Å². The molecule has 2 aromatic rings. The van der Waals surface area contributed by atoms with Gasteiger partial charge in [-0.25, -0.2) is 0 Å². The van der Waals surface area contributed by atoms with Gasteiger partial charge in [-0.1, -0.05) is 0 Å². The Hall–Kier alpha value is -2.21. The number of nitrogens with zero attached hydrogens (tertiary/aromatic N) is 5. The summed E-state index contributed by atoms with van der Waals surface area (Å²) < 4.78 is 2.06. The molecule has 0 aliphatic carbocycles. The Morgan fingerprint density at radius 1 is 1.09 bits per heavy atom. The van der Waals surface area contributed by atoms with Crippen LogP contribution >= 0.6 is 0 Å². The predicted molar refractivity (Wildman–Crippen MR) is 88.3 cm³/mol. The Morgan fingerprint density at radius 3 is 2.39 bits per heavy atom. The van der Waals surface area contributed by atoms with Crippen LogP contribution in [0.2, 0.25) is 0 Å². The first kappa shape index (κ1) is 15.7. The number of amides is 1. The van der Waals surface area contributed by atoms with Gasteiger partial charge in [-0.2, -0.15) is 5.10 Å². The maximum Gasteiger partial charge on any atom is 0.254 e. The van der Waals surface area contributed by atoms with Crippen molar-refractivity contribution in [1.29, 1.82) is 0 Å². The van der Waals surface area contributed by atoms with Gasteiger partial charge in [-0.05, 0) is 32.0 Å². The molecule has 0 saturated carbocycles. The van der Waals surface area contributed by atoms with Crippen molar-refractivity contribution < 1.29 is 4.79 Å². The van der Waals surface area contributed by atoms with Crippen molar-refractivity contribution in [2.75, 3.05) is 32.7 Å². The summed E-state index contributed by atoms with van der Waals surface area (Å²) >= 11 is 0. The number of aromatic nitrogens is 3. The molecule has 1 fully saturated rings. The summed E-state index contributed by atoms with van der Waals surface area (Å²) in [5.41, 5.74) is 2.99. The molecule has 6 heteroatoms. The number of aryl methyl sites for hydroxylation is 2. The molecule has 1 amide bonds. The fourth-order valence-electron chi connectivity index (χ4n) is 2.99. The third-order valence-corrected chi connectivity index (χ3v) is 4.32. The van der Waals surface area contributed by atoms with Gasteiger partial charge in [0.25, 0.3) is 5.91 Å². The number of hydrogen-bond acceptors (Lipinski definition) is 4. The number of hydrogen-bond donors (Lipinski definition) is 0. The fourth-order valence-corrected chi connectivity index (χ4v) is 2.99. The molecule has 23 heavy (non-hydrogen) atoms. The van der Waals surface area contributed by atoms with Gasteiger partial charge in [0.2, 0.25) is 0 Å². The molecule has 0 unspecified atom stereocenters. The molecule has 0 radical (unpaired) electrons. The van der Waals surface area contributed by atoms with E-state index in [4.69, 9.17) is 0 Å². The van der Waals surface area contributed by atoms with Gasteiger partial charge < -0.3 is 4.90 Å². The summed E-state index contributed by atoms with van der Waals surface area (Å²) in [5.74, 6) is 0.102. The van der Waals surface area contributed by atoms with Gasteiger partial charge in [-0.15, -0.1) is 0 Å². The highest BCUT2D eigenvalue weighted by atomic mass is 16.2. The van der Waals surface area contributed by atoms with Gasteiger partial charge in [0.15, 0.2) is 0 Å². The van der Waals surface area contributed by atoms with Crippen molar-refractivity contribution in [2.24, 2.45) is 0 Å². The summed E-state index contributed by atoms with van der Waals surface area (Å²) in [4.78, 5) is 20.7. The minimum absolute atomic E-state index is 0.102. The fraction of sp³-hybridized carbons (Fsp3) is 0.471. The van der Waals surface area contributed by atoms with Gasteiger partial charge in [0, 0.05) is 56.4 Å². The lowest BCUT2D eigenvalue weighted by Crippen LogP contribution is -2.49.